The topological polar surface area (TPSA) is 67.5 Å². The van der Waals surface area contributed by atoms with Crippen LogP contribution >= 0.6 is 15.9 Å². The molecule has 0 saturated heterocycles. The molecule has 0 aliphatic carbocycles. The summed E-state index contributed by atoms with van der Waals surface area (Å²) in [6.45, 7) is 0. The summed E-state index contributed by atoms with van der Waals surface area (Å²) < 4.78 is 4.94. The van der Waals surface area contributed by atoms with Gasteiger partial charge < -0.3 is 9.52 Å². The maximum atomic E-state index is 11.5. The number of ketones is 1. The SMILES string of the molecule is O=C(CBr)c1cc2ccc(O)cc2oc1=O. The molecule has 0 atom stereocenters. The third-order valence-corrected chi connectivity index (χ3v) is 2.65. The van der Waals surface area contributed by atoms with E-state index in [0.29, 0.717) is 5.39 Å². The van der Waals surface area contributed by atoms with Crippen molar-refractivity contribution in [2.24, 2.45) is 0 Å². The molecule has 16 heavy (non-hydrogen) atoms. The molecule has 4 nitrogen and oxygen atoms in total. The highest BCUT2D eigenvalue weighted by molar-refractivity contribution is 9.09. The van der Waals surface area contributed by atoms with Crippen LogP contribution in [-0.4, -0.2) is 16.2 Å². The summed E-state index contributed by atoms with van der Waals surface area (Å²) in [6.07, 6.45) is 0. The third kappa shape index (κ3) is 1.86. The molecular weight excluding hydrogens is 276 g/mol. The van der Waals surface area contributed by atoms with Gasteiger partial charge in [0.15, 0.2) is 5.78 Å². The Morgan fingerprint density at radius 3 is 2.81 bits per heavy atom. The molecule has 0 unspecified atom stereocenters. The molecule has 1 N–H and O–H groups in total. The number of benzene rings is 1. The van der Waals surface area contributed by atoms with Crippen LogP contribution in [0.25, 0.3) is 11.0 Å². The quantitative estimate of drug-likeness (QED) is 0.520. The van der Waals surface area contributed by atoms with E-state index < -0.39 is 5.63 Å². The summed E-state index contributed by atoms with van der Waals surface area (Å²) >= 11 is 2.99. The smallest absolute Gasteiger partial charge is 0.347 e. The highest BCUT2D eigenvalue weighted by atomic mass is 79.9. The Bertz CT molecular complexity index is 615. The maximum absolute atomic E-state index is 11.5. The van der Waals surface area contributed by atoms with Crippen LogP contribution in [0.1, 0.15) is 10.4 Å². The van der Waals surface area contributed by atoms with Crippen LogP contribution in [0.5, 0.6) is 5.75 Å². The average molecular weight is 283 g/mol. The van der Waals surface area contributed by atoms with Crippen molar-refractivity contribution in [3.05, 3.63) is 40.2 Å². The van der Waals surface area contributed by atoms with Crippen LogP contribution in [0.2, 0.25) is 0 Å². The number of alkyl halides is 1. The second-order valence-corrected chi connectivity index (χ2v) is 3.79. The number of rotatable bonds is 2. The van der Waals surface area contributed by atoms with Gasteiger partial charge in [0.05, 0.1) is 5.33 Å². The molecule has 2 rings (SSSR count). The fourth-order valence-electron chi connectivity index (χ4n) is 1.37. The molecule has 0 saturated carbocycles. The molecule has 1 aromatic heterocycles. The van der Waals surface area contributed by atoms with E-state index in [9.17, 15) is 14.7 Å². The number of fused-ring (bicyclic) bond motifs is 1. The van der Waals surface area contributed by atoms with Gasteiger partial charge >= 0.3 is 5.63 Å². The molecule has 0 aliphatic heterocycles. The zero-order chi connectivity index (χ0) is 11.7. The molecule has 0 amide bonds. The zero-order valence-electron chi connectivity index (χ0n) is 8.07. The summed E-state index contributed by atoms with van der Waals surface area (Å²) in [5, 5.41) is 9.88. The fraction of sp³-hybridized carbons (Fsp3) is 0.0909. The van der Waals surface area contributed by atoms with E-state index in [1.54, 1.807) is 6.07 Å². The minimum Gasteiger partial charge on any atom is -0.508 e. The van der Waals surface area contributed by atoms with Gasteiger partial charge in [0.25, 0.3) is 0 Å². The van der Waals surface area contributed by atoms with Gasteiger partial charge in [-0.2, -0.15) is 0 Å². The predicted molar refractivity (Wildman–Crippen MR) is 62.3 cm³/mol. The Kier molecular flexibility index (Phi) is 2.78. The molecule has 1 aromatic carbocycles. The highest BCUT2D eigenvalue weighted by Gasteiger charge is 2.12. The van der Waals surface area contributed by atoms with E-state index in [4.69, 9.17) is 4.42 Å². The van der Waals surface area contributed by atoms with Crippen LogP contribution in [0.15, 0.2) is 33.5 Å². The van der Waals surface area contributed by atoms with E-state index in [-0.39, 0.29) is 28.0 Å². The normalized spacial score (nSPS) is 10.6. The first-order valence-electron chi connectivity index (χ1n) is 4.48. The lowest BCUT2D eigenvalue weighted by Gasteiger charge is -2.00. The Morgan fingerprint density at radius 1 is 1.38 bits per heavy atom. The lowest BCUT2D eigenvalue weighted by molar-refractivity contribution is 0.102. The van der Waals surface area contributed by atoms with Crippen molar-refractivity contribution < 1.29 is 14.3 Å². The number of Topliss-reactive ketones (excluding diaryl/α,β-unsaturated/α-hetero) is 1. The van der Waals surface area contributed by atoms with Crippen LogP contribution in [0.3, 0.4) is 0 Å². The van der Waals surface area contributed by atoms with E-state index in [1.807, 2.05) is 0 Å². The van der Waals surface area contributed by atoms with Gasteiger partial charge in [-0.25, -0.2) is 4.79 Å². The number of carbonyl (C=O) groups is 1. The molecule has 2 aromatic rings. The van der Waals surface area contributed by atoms with Crippen molar-refractivity contribution in [1.29, 1.82) is 0 Å². The van der Waals surface area contributed by atoms with Crippen molar-refractivity contribution in [2.45, 2.75) is 0 Å². The van der Waals surface area contributed by atoms with E-state index in [1.165, 1.54) is 18.2 Å². The molecular formula is C11H7BrO4. The van der Waals surface area contributed by atoms with Crippen LogP contribution in [-0.2, 0) is 0 Å². The summed E-state index contributed by atoms with van der Waals surface area (Å²) in [4.78, 5) is 22.8. The first-order valence-corrected chi connectivity index (χ1v) is 5.60. The molecule has 1 heterocycles. The maximum Gasteiger partial charge on any atom is 0.347 e. The molecule has 0 bridgehead atoms. The van der Waals surface area contributed by atoms with E-state index in [0.717, 1.165) is 0 Å². The van der Waals surface area contributed by atoms with Crippen molar-refractivity contribution in [3.8, 4) is 5.75 Å². The predicted octanol–water partition coefficient (Wildman–Crippen LogP) is 2.08. The second kappa shape index (κ2) is 4.09. The van der Waals surface area contributed by atoms with E-state index >= 15 is 0 Å². The largest absolute Gasteiger partial charge is 0.508 e. The minimum atomic E-state index is -0.692. The van der Waals surface area contributed by atoms with E-state index in [2.05, 4.69) is 15.9 Å². The van der Waals surface area contributed by atoms with Gasteiger partial charge in [-0.15, -0.1) is 0 Å². The van der Waals surface area contributed by atoms with Crippen molar-refractivity contribution in [1.82, 2.24) is 0 Å². The van der Waals surface area contributed by atoms with Gasteiger partial charge in [0.2, 0.25) is 0 Å². The van der Waals surface area contributed by atoms with Gasteiger partial charge in [0.1, 0.15) is 16.9 Å². The standard InChI is InChI=1S/C11H7BrO4/c12-5-9(14)8-3-6-1-2-7(13)4-10(6)16-11(8)15/h1-4,13H,5H2. The number of halogens is 1. The molecule has 0 spiro atoms. The molecule has 0 fully saturated rings. The van der Waals surface area contributed by atoms with Crippen molar-refractivity contribution in [3.63, 3.8) is 0 Å². The summed E-state index contributed by atoms with van der Waals surface area (Å²) in [5.41, 5.74) is -0.422. The number of phenolic OH excluding ortho intramolecular Hbond substituents is 1. The van der Waals surface area contributed by atoms with Gasteiger partial charge in [-0.3, -0.25) is 4.79 Å². The summed E-state index contributed by atoms with van der Waals surface area (Å²) in [6, 6.07) is 5.84. The molecule has 5 heteroatoms. The Labute approximate surface area is 98.6 Å². The lowest BCUT2D eigenvalue weighted by Crippen LogP contribution is -2.14. The van der Waals surface area contributed by atoms with Crippen LogP contribution in [0.4, 0.5) is 0 Å². The number of phenols is 1. The number of carbonyl (C=O) groups excluding carboxylic acids is 1. The lowest BCUT2D eigenvalue weighted by atomic mass is 10.1. The summed E-state index contributed by atoms with van der Waals surface area (Å²) in [5.74, 6) is -0.320. The molecule has 82 valence electrons. The molecule has 0 aliphatic rings. The highest BCUT2D eigenvalue weighted by Crippen LogP contribution is 2.19. The first-order chi connectivity index (χ1) is 7.61. The minimum absolute atomic E-state index is 0.00932. The second-order valence-electron chi connectivity index (χ2n) is 3.23. The van der Waals surface area contributed by atoms with Gasteiger partial charge in [0, 0.05) is 11.5 Å². The van der Waals surface area contributed by atoms with Crippen LogP contribution in [0, 0.1) is 0 Å². The third-order valence-electron chi connectivity index (χ3n) is 2.14. The summed E-state index contributed by atoms with van der Waals surface area (Å²) in [7, 11) is 0. The van der Waals surface area contributed by atoms with Crippen molar-refractivity contribution in [2.75, 3.05) is 5.33 Å². The Balaban J connectivity index is 2.72. The average Bonchev–Trinajstić information content (AvgIpc) is 2.27. The Morgan fingerprint density at radius 2 is 2.12 bits per heavy atom. The Hall–Kier alpha value is -1.62. The monoisotopic (exact) mass is 282 g/mol. The fourth-order valence-corrected chi connectivity index (χ4v) is 1.67. The number of hydrogen-bond acceptors (Lipinski definition) is 4. The van der Waals surface area contributed by atoms with Gasteiger partial charge in [-0.05, 0) is 18.2 Å². The number of hydrogen-bond donors (Lipinski definition) is 1. The first kappa shape index (κ1) is 10.9. The van der Waals surface area contributed by atoms with Gasteiger partial charge in [-0.1, -0.05) is 15.9 Å². The zero-order valence-corrected chi connectivity index (χ0v) is 9.65. The molecule has 0 radical (unpaired) electrons. The van der Waals surface area contributed by atoms with Crippen molar-refractivity contribution >= 4 is 32.7 Å². The number of aromatic hydroxyl groups is 1. The van der Waals surface area contributed by atoms with Crippen LogP contribution < -0.4 is 5.63 Å².